The molecule has 4 rings (SSSR count). The molecular formula is C26H25F3N6O3. The molecule has 0 aliphatic carbocycles. The zero-order valence-electron chi connectivity index (χ0n) is 20.4. The Morgan fingerprint density at radius 3 is 2.42 bits per heavy atom. The van der Waals surface area contributed by atoms with Crippen molar-refractivity contribution >= 4 is 29.1 Å². The highest BCUT2D eigenvalue weighted by molar-refractivity contribution is 5.95. The molecule has 0 bridgehead atoms. The number of benzene rings is 2. The Morgan fingerprint density at radius 1 is 1.03 bits per heavy atom. The minimum atomic E-state index is -4.48. The first-order valence-electron chi connectivity index (χ1n) is 11.7. The molecule has 4 N–H and O–H groups in total. The Morgan fingerprint density at radius 2 is 1.74 bits per heavy atom. The number of alkyl halides is 3. The fourth-order valence-corrected chi connectivity index (χ4v) is 3.73. The molecule has 2 amide bonds. The van der Waals surface area contributed by atoms with Crippen molar-refractivity contribution in [2.24, 2.45) is 5.73 Å². The second kappa shape index (κ2) is 11.3. The first kappa shape index (κ1) is 26.6. The normalized spacial score (nSPS) is 11.5. The predicted octanol–water partition coefficient (Wildman–Crippen LogP) is 4.11. The first-order valence-corrected chi connectivity index (χ1v) is 11.7. The highest BCUT2D eigenvalue weighted by Crippen LogP contribution is 2.24. The van der Waals surface area contributed by atoms with Crippen LogP contribution in [0.25, 0.3) is 16.8 Å². The van der Waals surface area contributed by atoms with Gasteiger partial charge in [-0.25, -0.2) is 4.52 Å². The van der Waals surface area contributed by atoms with Gasteiger partial charge in [0, 0.05) is 35.2 Å². The number of aromatic nitrogens is 3. The van der Waals surface area contributed by atoms with E-state index in [2.05, 4.69) is 15.4 Å². The van der Waals surface area contributed by atoms with Crippen molar-refractivity contribution in [3.8, 4) is 11.1 Å². The van der Waals surface area contributed by atoms with Crippen molar-refractivity contribution in [2.45, 2.75) is 19.5 Å². The molecule has 9 nitrogen and oxygen atoms in total. The molecule has 0 fully saturated rings. The topological polar surface area (TPSA) is 124 Å². The van der Waals surface area contributed by atoms with Crippen molar-refractivity contribution in [1.82, 2.24) is 19.9 Å². The van der Waals surface area contributed by atoms with Crippen LogP contribution in [0.2, 0.25) is 0 Å². The van der Waals surface area contributed by atoms with E-state index in [0.29, 0.717) is 42.5 Å². The molecular weight excluding hydrogens is 501 g/mol. The van der Waals surface area contributed by atoms with Crippen LogP contribution in [0.1, 0.15) is 33.2 Å². The van der Waals surface area contributed by atoms with E-state index >= 15 is 0 Å². The highest BCUT2D eigenvalue weighted by atomic mass is 19.4. The summed E-state index contributed by atoms with van der Waals surface area (Å²) in [5, 5.41) is 9.51. The Labute approximate surface area is 215 Å². The Kier molecular flexibility index (Phi) is 7.91. The molecule has 12 heteroatoms. The number of nitrogens with zero attached hydrogens (tertiary/aromatic N) is 3. The lowest BCUT2D eigenvalue weighted by Crippen LogP contribution is -2.33. The molecule has 38 heavy (non-hydrogen) atoms. The second-order valence-electron chi connectivity index (χ2n) is 8.34. The number of hydrogen-bond donors (Lipinski definition) is 3. The zero-order valence-corrected chi connectivity index (χ0v) is 20.4. The SMILES string of the molecule is CCOCCc1cc(C(N)=O)ccc1Nc1nc2ccc(-c3ccc(C(=O)NCC(F)(F)F)cc3)cn2n1. The number of primary amides is 1. The minimum absolute atomic E-state index is 0.119. The van der Waals surface area contributed by atoms with Gasteiger partial charge in [0.25, 0.3) is 5.91 Å². The average molecular weight is 527 g/mol. The summed E-state index contributed by atoms with van der Waals surface area (Å²) in [6.07, 6.45) is -2.17. The molecule has 0 aliphatic heterocycles. The van der Waals surface area contributed by atoms with Crippen molar-refractivity contribution < 1.29 is 27.5 Å². The smallest absolute Gasteiger partial charge is 0.381 e. The number of amides is 2. The van der Waals surface area contributed by atoms with Gasteiger partial charge in [-0.1, -0.05) is 12.1 Å². The number of carbonyl (C=O) groups is 2. The maximum atomic E-state index is 12.3. The molecule has 0 unspecified atom stereocenters. The van der Waals surface area contributed by atoms with E-state index in [1.54, 1.807) is 47.1 Å². The summed E-state index contributed by atoms with van der Waals surface area (Å²) in [5.74, 6) is -0.994. The minimum Gasteiger partial charge on any atom is -0.381 e. The fraction of sp³-hybridized carbons (Fsp3) is 0.231. The molecule has 0 aliphatic rings. The van der Waals surface area contributed by atoms with Gasteiger partial charge in [-0.3, -0.25) is 9.59 Å². The van der Waals surface area contributed by atoms with E-state index in [9.17, 15) is 22.8 Å². The Hall–Kier alpha value is -4.45. The number of fused-ring (bicyclic) bond motifs is 1. The van der Waals surface area contributed by atoms with Gasteiger partial charge in [-0.2, -0.15) is 18.2 Å². The summed E-state index contributed by atoms with van der Waals surface area (Å²) in [6, 6.07) is 14.9. The van der Waals surface area contributed by atoms with Crippen LogP contribution in [-0.4, -0.2) is 52.3 Å². The summed E-state index contributed by atoms with van der Waals surface area (Å²) < 4.78 is 44.1. The number of nitrogens with one attached hydrogen (secondary N) is 2. The van der Waals surface area contributed by atoms with Crippen LogP contribution in [0.3, 0.4) is 0 Å². The van der Waals surface area contributed by atoms with Crippen molar-refractivity contribution in [2.75, 3.05) is 25.1 Å². The van der Waals surface area contributed by atoms with Crippen molar-refractivity contribution in [3.05, 3.63) is 77.5 Å². The monoisotopic (exact) mass is 526 g/mol. The molecule has 0 spiro atoms. The van der Waals surface area contributed by atoms with Gasteiger partial charge >= 0.3 is 6.18 Å². The largest absolute Gasteiger partial charge is 0.405 e. The summed E-state index contributed by atoms with van der Waals surface area (Å²) in [5.41, 5.74) is 9.55. The number of halogens is 3. The van der Waals surface area contributed by atoms with Crippen LogP contribution in [0.5, 0.6) is 0 Å². The van der Waals surface area contributed by atoms with Gasteiger partial charge in [0.2, 0.25) is 11.9 Å². The molecule has 0 radical (unpaired) electrons. The summed E-state index contributed by atoms with van der Waals surface area (Å²) in [6.45, 7) is 1.55. The van der Waals surface area contributed by atoms with E-state index in [1.165, 1.54) is 12.1 Å². The number of hydrogen-bond acceptors (Lipinski definition) is 6. The van der Waals surface area contributed by atoms with Crippen LogP contribution in [-0.2, 0) is 11.2 Å². The molecule has 2 heterocycles. The van der Waals surface area contributed by atoms with Gasteiger partial charge in [-0.15, -0.1) is 5.10 Å². The van der Waals surface area contributed by atoms with Crippen molar-refractivity contribution in [3.63, 3.8) is 0 Å². The molecule has 0 saturated heterocycles. The summed E-state index contributed by atoms with van der Waals surface area (Å²) in [7, 11) is 0. The number of anilines is 2. The fourth-order valence-electron chi connectivity index (χ4n) is 3.73. The number of nitrogens with two attached hydrogens (primary N) is 1. The molecule has 0 saturated carbocycles. The van der Waals surface area contributed by atoms with E-state index < -0.39 is 24.5 Å². The van der Waals surface area contributed by atoms with Gasteiger partial charge in [-0.05, 0) is 66.9 Å². The van der Waals surface area contributed by atoms with E-state index in [-0.39, 0.29) is 5.56 Å². The quantitative estimate of drug-likeness (QED) is 0.267. The zero-order chi connectivity index (χ0) is 27.3. The lowest BCUT2D eigenvalue weighted by atomic mass is 10.1. The third-order valence-electron chi connectivity index (χ3n) is 5.62. The van der Waals surface area contributed by atoms with E-state index in [1.807, 2.05) is 18.3 Å². The second-order valence-corrected chi connectivity index (χ2v) is 8.34. The van der Waals surface area contributed by atoms with Crippen LogP contribution < -0.4 is 16.4 Å². The molecule has 0 atom stereocenters. The standard InChI is InChI=1S/C26H25F3N6O3/c1-2-38-12-11-18-13-19(23(30)36)7-9-21(18)32-25-33-22-10-8-20(14-35(22)34-25)16-3-5-17(6-4-16)24(37)31-15-26(27,28)29/h3-10,13-14H,2,11-12,15H2,1H3,(H2,30,36)(H,31,37)(H,32,34). The summed E-state index contributed by atoms with van der Waals surface area (Å²) in [4.78, 5) is 28.1. The molecule has 198 valence electrons. The maximum Gasteiger partial charge on any atom is 0.405 e. The van der Waals surface area contributed by atoms with E-state index in [4.69, 9.17) is 10.5 Å². The third kappa shape index (κ3) is 6.65. The van der Waals surface area contributed by atoms with E-state index in [0.717, 1.165) is 16.7 Å². The third-order valence-corrected chi connectivity index (χ3v) is 5.62. The van der Waals surface area contributed by atoms with Crippen LogP contribution in [0.15, 0.2) is 60.8 Å². The summed E-state index contributed by atoms with van der Waals surface area (Å²) >= 11 is 0. The predicted molar refractivity (Wildman–Crippen MR) is 135 cm³/mol. The lowest BCUT2D eigenvalue weighted by molar-refractivity contribution is -0.123. The van der Waals surface area contributed by atoms with Crippen LogP contribution >= 0.6 is 0 Å². The highest BCUT2D eigenvalue weighted by Gasteiger charge is 2.27. The maximum absolute atomic E-state index is 12.3. The van der Waals surface area contributed by atoms with Gasteiger partial charge in [0.1, 0.15) is 6.54 Å². The number of rotatable bonds is 10. The lowest BCUT2D eigenvalue weighted by Gasteiger charge is -2.11. The van der Waals surface area contributed by atoms with Gasteiger partial charge < -0.3 is 21.1 Å². The van der Waals surface area contributed by atoms with Crippen LogP contribution in [0.4, 0.5) is 24.8 Å². The number of carbonyl (C=O) groups excluding carboxylic acids is 2. The van der Waals surface area contributed by atoms with Crippen LogP contribution in [0, 0.1) is 0 Å². The van der Waals surface area contributed by atoms with Gasteiger partial charge in [0.15, 0.2) is 5.65 Å². The van der Waals surface area contributed by atoms with Crippen molar-refractivity contribution in [1.29, 1.82) is 0 Å². The number of ether oxygens (including phenoxy) is 1. The molecule has 2 aromatic carbocycles. The molecule has 4 aromatic rings. The molecule has 2 aromatic heterocycles. The first-order chi connectivity index (χ1) is 18.1. The van der Waals surface area contributed by atoms with Gasteiger partial charge in [0.05, 0.1) is 6.61 Å². The number of pyridine rings is 1. The average Bonchev–Trinajstić information content (AvgIpc) is 3.29. The Bertz CT molecular complexity index is 1450. The Balaban J connectivity index is 1.52.